The van der Waals surface area contributed by atoms with Crippen LogP contribution in [-0.2, 0) is 0 Å². The molecule has 0 aliphatic carbocycles. The highest BCUT2D eigenvalue weighted by Gasteiger charge is 2.25. The molecule has 0 unspecified atom stereocenters. The van der Waals surface area contributed by atoms with E-state index in [1.807, 2.05) is 29.4 Å². The Morgan fingerprint density at radius 1 is 0.862 bits per heavy atom. The molecule has 1 aromatic heterocycles. The zero-order valence-corrected chi connectivity index (χ0v) is 17.2. The van der Waals surface area contributed by atoms with Crippen molar-refractivity contribution in [2.45, 2.75) is 20.8 Å². The lowest BCUT2D eigenvalue weighted by Gasteiger charge is -2.36. The SMILES string of the molecule is Cc1cccc(N2CCN(C(=O)c3cc(C)n(-c4ccc(F)cc4)c3C)CC2)c1. The summed E-state index contributed by atoms with van der Waals surface area (Å²) in [6, 6.07) is 16.8. The molecule has 3 aromatic rings. The third-order valence-electron chi connectivity index (χ3n) is 5.68. The molecule has 0 radical (unpaired) electrons. The van der Waals surface area contributed by atoms with Crippen LogP contribution >= 0.6 is 0 Å². The van der Waals surface area contributed by atoms with Crippen molar-refractivity contribution in [1.82, 2.24) is 9.47 Å². The summed E-state index contributed by atoms with van der Waals surface area (Å²) in [6.45, 7) is 9.08. The second kappa shape index (κ2) is 7.74. The van der Waals surface area contributed by atoms with Gasteiger partial charge in [0, 0.05) is 48.9 Å². The van der Waals surface area contributed by atoms with E-state index in [1.54, 1.807) is 12.1 Å². The van der Waals surface area contributed by atoms with Gasteiger partial charge in [0.25, 0.3) is 5.91 Å². The molecule has 4 nitrogen and oxygen atoms in total. The van der Waals surface area contributed by atoms with Crippen molar-refractivity contribution in [2.24, 2.45) is 0 Å². The van der Waals surface area contributed by atoms with Crippen LogP contribution in [0.3, 0.4) is 0 Å². The number of amides is 1. The Balaban J connectivity index is 1.51. The quantitative estimate of drug-likeness (QED) is 0.657. The normalized spacial score (nSPS) is 14.3. The number of carbonyl (C=O) groups is 1. The molecule has 1 aliphatic rings. The van der Waals surface area contributed by atoms with Crippen LogP contribution < -0.4 is 4.90 Å². The summed E-state index contributed by atoms with van der Waals surface area (Å²) < 4.78 is 15.3. The molecule has 0 N–H and O–H groups in total. The number of benzene rings is 2. The molecule has 5 heteroatoms. The summed E-state index contributed by atoms with van der Waals surface area (Å²) in [7, 11) is 0. The first kappa shape index (κ1) is 19.2. The number of halogens is 1. The molecule has 1 amide bonds. The third-order valence-corrected chi connectivity index (χ3v) is 5.68. The molecule has 2 heterocycles. The van der Waals surface area contributed by atoms with Gasteiger partial charge in [-0.2, -0.15) is 0 Å². The number of piperazine rings is 1. The van der Waals surface area contributed by atoms with Crippen molar-refractivity contribution < 1.29 is 9.18 Å². The lowest BCUT2D eigenvalue weighted by atomic mass is 10.1. The summed E-state index contributed by atoms with van der Waals surface area (Å²) in [5.41, 5.74) is 5.90. The van der Waals surface area contributed by atoms with Gasteiger partial charge in [-0.15, -0.1) is 0 Å². The van der Waals surface area contributed by atoms with Crippen LogP contribution in [0.5, 0.6) is 0 Å². The second-order valence-corrected chi connectivity index (χ2v) is 7.71. The van der Waals surface area contributed by atoms with E-state index in [-0.39, 0.29) is 11.7 Å². The summed E-state index contributed by atoms with van der Waals surface area (Å²) in [5, 5.41) is 0. The Hall–Kier alpha value is -3.08. The van der Waals surface area contributed by atoms with E-state index in [4.69, 9.17) is 0 Å². The molecule has 2 aromatic carbocycles. The fourth-order valence-corrected chi connectivity index (χ4v) is 4.13. The van der Waals surface area contributed by atoms with Gasteiger partial charge in [-0.25, -0.2) is 4.39 Å². The lowest BCUT2D eigenvalue weighted by Crippen LogP contribution is -2.48. The molecule has 29 heavy (non-hydrogen) atoms. The fourth-order valence-electron chi connectivity index (χ4n) is 4.13. The van der Waals surface area contributed by atoms with E-state index < -0.39 is 0 Å². The number of carbonyl (C=O) groups excluding carboxylic acids is 1. The first-order valence-electron chi connectivity index (χ1n) is 10.00. The van der Waals surface area contributed by atoms with Gasteiger partial charge < -0.3 is 14.4 Å². The number of nitrogens with zero attached hydrogens (tertiary/aromatic N) is 3. The molecule has 0 spiro atoms. The monoisotopic (exact) mass is 391 g/mol. The van der Waals surface area contributed by atoms with Crippen molar-refractivity contribution in [3.05, 3.63) is 82.9 Å². The van der Waals surface area contributed by atoms with E-state index >= 15 is 0 Å². The maximum absolute atomic E-state index is 13.3. The maximum atomic E-state index is 13.3. The van der Waals surface area contributed by atoms with E-state index in [1.165, 1.54) is 23.4 Å². The van der Waals surface area contributed by atoms with Crippen LogP contribution in [0.4, 0.5) is 10.1 Å². The molecule has 0 atom stereocenters. The molecule has 1 saturated heterocycles. The number of hydrogen-bond donors (Lipinski definition) is 0. The Labute approximate surface area is 171 Å². The minimum Gasteiger partial charge on any atom is -0.368 e. The van der Waals surface area contributed by atoms with E-state index in [0.29, 0.717) is 13.1 Å². The van der Waals surface area contributed by atoms with Gasteiger partial charge in [0.15, 0.2) is 0 Å². The third kappa shape index (κ3) is 3.77. The predicted octanol–water partition coefficient (Wildman–Crippen LogP) is 4.50. The average Bonchev–Trinajstić information content (AvgIpc) is 3.02. The second-order valence-electron chi connectivity index (χ2n) is 7.71. The molecule has 4 rings (SSSR count). The highest BCUT2D eigenvalue weighted by atomic mass is 19.1. The number of rotatable bonds is 3. The number of aromatic nitrogens is 1. The van der Waals surface area contributed by atoms with Gasteiger partial charge in [0.05, 0.1) is 5.56 Å². The molecule has 0 bridgehead atoms. The highest BCUT2D eigenvalue weighted by molar-refractivity contribution is 5.96. The van der Waals surface area contributed by atoms with Gasteiger partial charge in [-0.3, -0.25) is 4.79 Å². The largest absolute Gasteiger partial charge is 0.368 e. The Bertz CT molecular complexity index is 1030. The van der Waals surface area contributed by atoms with Gasteiger partial charge >= 0.3 is 0 Å². The Morgan fingerprint density at radius 2 is 1.55 bits per heavy atom. The molecule has 150 valence electrons. The van der Waals surface area contributed by atoms with E-state index in [9.17, 15) is 9.18 Å². The zero-order valence-electron chi connectivity index (χ0n) is 17.2. The summed E-state index contributed by atoms with van der Waals surface area (Å²) in [6.07, 6.45) is 0. The first-order valence-corrected chi connectivity index (χ1v) is 10.00. The van der Waals surface area contributed by atoms with Crippen molar-refractivity contribution in [2.75, 3.05) is 31.1 Å². The van der Waals surface area contributed by atoms with Crippen molar-refractivity contribution >= 4 is 11.6 Å². The number of hydrogen-bond acceptors (Lipinski definition) is 2. The minimum atomic E-state index is -0.265. The summed E-state index contributed by atoms with van der Waals surface area (Å²) in [5.74, 6) is -0.200. The zero-order chi connectivity index (χ0) is 20.5. The first-order chi connectivity index (χ1) is 13.9. The molecular formula is C24H26FN3O. The smallest absolute Gasteiger partial charge is 0.255 e. The van der Waals surface area contributed by atoms with Crippen LogP contribution in [0.15, 0.2) is 54.6 Å². The summed E-state index contributed by atoms with van der Waals surface area (Å²) >= 11 is 0. The van der Waals surface area contributed by atoms with Crippen molar-refractivity contribution in [3.8, 4) is 5.69 Å². The molecule has 0 saturated carbocycles. The number of anilines is 1. The Kier molecular flexibility index (Phi) is 5.14. The van der Waals surface area contributed by atoms with Gasteiger partial charge in [0.2, 0.25) is 0 Å². The van der Waals surface area contributed by atoms with Gasteiger partial charge in [-0.1, -0.05) is 12.1 Å². The Morgan fingerprint density at radius 3 is 2.21 bits per heavy atom. The topological polar surface area (TPSA) is 28.5 Å². The van der Waals surface area contributed by atoms with Crippen LogP contribution in [0.25, 0.3) is 5.69 Å². The fraction of sp³-hybridized carbons (Fsp3) is 0.292. The standard InChI is InChI=1S/C24H26FN3O/c1-17-5-4-6-22(15-17)26-11-13-27(14-12-26)24(29)23-16-18(2)28(19(23)3)21-9-7-20(25)8-10-21/h4-10,15-16H,11-14H2,1-3H3. The van der Waals surface area contributed by atoms with Crippen LogP contribution in [0.1, 0.15) is 27.3 Å². The molecule has 1 aliphatic heterocycles. The number of aryl methyl sites for hydroxylation is 2. The van der Waals surface area contributed by atoms with Crippen molar-refractivity contribution in [3.63, 3.8) is 0 Å². The predicted molar refractivity (Wildman–Crippen MR) is 114 cm³/mol. The molecular weight excluding hydrogens is 365 g/mol. The van der Waals surface area contributed by atoms with Crippen LogP contribution in [0, 0.1) is 26.6 Å². The van der Waals surface area contributed by atoms with E-state index in [0.717, 1.165) is 35.7 Å². The van der Waals surface area contributed by atoms with Crippen molar-refractivity contribution in [1.29, 1.82) is 0 Å². The van der Waals surface area contributed by atoms with Gasteiger partial charge in [-0.05, 0) is 68.8 Å². The van der Waals surface area contributed by atoms with Gasteiger partial charge in [0.1, 0.15) is 5.82 Å². The minimum absolute atomic E-state index is 0.0651. The lowest BCUT2D eigenvalue weighted by molar-refractivity contribution is 0.0746. The maximum Gasteiger partial charge on any atom is 0.255 e. The highest BCUT2D eigenvalue weighted by Crippen LogP contribution is 2.24. The van der Waals surface area contributed by atoms with Crippen LogP contribution in [0.2, 0.25) is 0 Å². The van der Waals surface area contributed by atoms with Crippen LogP contribution in [-0.4, -0.2) is 41.6 Å². The average molecular weight is 391 g/mol. The van der Waals surface area contributed by atoms with E-state index in [2.05, 4.69) is 36.1 Å². The molecule has 1 fully saturated rings. The summed E-state index contributed by atoms with van der Waals surface area (Å²) in [4.78, 5) is 17.5.